The predicted molar refractivity (Wildman–Crippen MR) is 77.6 cm³/mol. The summed E-state index contributed by atoms with van der Waals surface area (Å²) in [7, 11) is 0. The molecule has 2 saturated heterocycles. The molecule has 5 heteroatoms. The first-order valence-electron chi connectivity index (χ1n) is 7.74. The Kier molecular flexibility index (Phi) is 5.81. The average Bonchev–Trinajstić information content (AvgIpc) is 2.39. The highest BCUT2D eigenvalue weighted by Crippen LogP contribution is 2.17. The van der Waals surface area contributed by atoms with Crippen LogP contribution in [0.3, 0.4) is 0 Å². The van der Waals surface area contributed by atoms with Gasteiger partial charge in [-0.2, -0.15) is 0 Å². The molecule has 2 rings (SSSR count). The van der Waals surface area contributed by atoms with Gasteiger partial charge in [-0.3, -0.25) is 9.69 Å². The summed E-state index contributed by atoms with van der Waals surface area (Å²) >= 11 is 0. The first kappa shape index (κ1) is 15.7. The van der Waals surface area contributed by atoms with Crippen LogP contribution in [0.25, 0.3) is 0 Å². The number of hydrogen-bond acceptors (Lipinski definition) is 4. The number of amides is 1. The summed E-state index contributed by atoms with van der Waals surface area (Å²) < 4.78 is 10.8. The average molecular weight is 284 g/mol. The molecule has 5 nitrogen and oxygen atoms in total. The largest absolute Gasteiger partial charge is 0.381 e. The van der Waals surface area contributed by atoms with E-state index in [1.807, 2.05) is 0 Å². The van der Waals surface area contributed by atoms with E-state index in [9.17, 15) is 4.79 Å². The van der Waals surface area contributed by atoms with Crippen LogP contribution < -0.4 is 5.32 Å². The van der Waals surface area contributed by atoms with Gasteiger partial charge in [0.25, 0.3) is 0 Å². The first-order valence-corrected chi connectivity index (χ1v) is 7.74. The number of nitrogens with one attached hydrogen (secondary N) is 1. The summed E-state index contributed by atoms with van der Waals surface area (Å²) in [4.78, 5) is 14.5. The number of rotatable bonds is 5. The number of morpholine rings is 1. The maximum atomic E-state index is 12.2. The maximum Gasteiger partial charge on any atom is 0.220 e. The van der Waals surface area contributed by atoms with Gasteiger partial charge in [0, 0.05) is 44.8 Å². The molecule has 2 aliphatic rings. The third-order valence-electron chi connectivity index (χ3n) is 3.93. The molecule has 2 fully saturated rings. The van der Waals surface area contributed by atoms with Gasteiger partial charge in [0.15, 0.2) is 0 Å². The lowest BCUT2D eigenvalue weighted by Crippen LogP contribution is -2.53. The standard InChI is InChI=1S/C15H28N2O3/c1-15(2,12-17-5-8-19-9-6-17)16-14(18)10-13-4-3-7-20-11-13/h13H,3-12H2,1-2H3,(H,16,18)/t13-/m0/s1. The Morgan fingerprint density at radius 2 is 2.00 bits per heavy atom. The van der Waals surface area contributed by atoms with Crippen LogP contribution in [-0.2, 0) is 14.3 Å². The predicted octanol–water partition coefficient (Wildman–Crippen LogP) is 1.03. The second-order valence-electron chi connectivity index (χ2n) is 6.61. The fraction of sp³-hybridized carbons (Fsp3) is 0.933. The van der Waals surface area contributed by atoms with Gasteiger partial charge in [-0.15, -0.1) is 0 Å². The summed E-state index contributed by atoms with van der Waals surface area (Å²) in [5, 5.41) is 3.17. The van der Waals surface area contributed by atoms with E-state index in [4.69, 9.17) is 9.47 Å². The smallest absolute Gasteiger partial charge is 0.220 e. The molecule has 1 amide bonds. The molecule has 0 saturated carbocycles. The van der Waals surface area contributed by atoms with E-state index >= 15 is 0 Å². The number of carbonyl (C=O) groups is 1. The van der Waals surface area contributed by atoms with Crippen molar-refractivity contribution in [2.45, 2.75) is 38.6 Å². The monoisotopic (exact) mass is 284 g/mol. The molecule has 0 spiro atoms. The van der Waals surface area contributed by atoms with Crippen molar-refractivity contribution >= 4 is 5.91 Å². The van der Waals surface area contributed by atoms with E-state index in [1.54, 1.807) is 0 Å². The van der Waals surface area contributed by atoms with E-state index in [2.05, 4.69) is 24.1 Å². The van der Waals surface area contributed by atoms with Crippen molar-refractivity contribution in [1.82, 2.24) is 10.2 Å². The van der Waals surface area contributed by atoms with Crippen molar-refractivity contribution in [2.24, 2.45) is 5.92 Å². The number of ether oxygens (including phenoxy) is 2. The molecule has 2 aliphatic heterocycles. The Balaban J connectivity index is 1.72. The van der Waals surface area contributed by atoms with Gasteiger partial charge in [-0.25, -0.2) is 0 Å². The van der Waals surface area contributed by atoms with E-state index in [0.717, 1.165) is 58.9 Å². The maximum absolute atomic E-state index is 12.2. The summed E-state index contributed by atoms with van der Waals surface area (Å²) in [6.07, 6.45) is 2.78. The molecule has 2 heterocycles. The van der Waals surface area contributed by atoms with Crippen LogP contribution in [0.2, 0.25) is 0 Å². The highest BCUT2D eigenvalue weighted by atomic mass is 16.5. The fourth-order valence-corrected chi connectivity index (χ4v) is 3.02. The number of hydrogen-bond donors (Lipinski definition) is 1. The lowest BCUT2D eigenvalue weighted by atomic mass is 9.97. The molecule has 0 aliphatic carbocycles. The van der Waals surface area contributed by atoms with Gasteiger partial charge >= 0.3 is 0 Å². The molecule has 1 atom stereocenters. The third-order valence-corrected chi connectivity index (χ3v) is 3.93. The Hall–Kier alpha value is -0.650. The Morgan fingerprint density at radius 1 is 1.25 bits per heavy atom. The molecule has 0 aromatic carbocycles. The van der Waals surface area contributed by atoms with Gasteiger partial charge in [-0.1, -0.05) is 0 Å². The minimum atomic E-state index is -0.191. The van der Waals surface area contributed by atoms with Crippen LogP contribution in [0.4, 0.5) is 0 Å². The highest BCUT2D eigenvalue weighted by Gasteiger charge is 2.26. The third kappa shape index (κ3) is 5.38. The second kappa shape index (κ2) is 7.38. The first-order chi connectivity index (χ1) is 9.55. The summed E-state index contributed by atoms with van der Waals surface area (Å²) in [5.41, 5.74) is -0.191. The summed E-state index contributed by atoms with van der Waals surface area (Å²) in [5.74, 6) is 0.543. The van der Waals surface area contributed by atoms with Crippen molar-refractivity contribution in [3.05, 3.63) is 0 Å². The Labute approximate surface area is 122 Å². The van der Waals surface area contributed by atoms with Gasteiger partial charge in [-0.05, 0) is 32.6 Å². The highest BCUT2D eigenvalue weighted by molar-refractivity contribution is 5.77. The van der Waals surface area contributed by atoms with Crippen molar-refractivity contribution in [3.8, 4) is 0 Å². The zero-order chi connectivity index (χ0) is 14.4. The SMILES string of the molecule is CC(C)(CN1CCOCC1)NC(=O)C[C@@H]1CCCOC1. The van der Waals surface area contributed by atoms with Crippen molar-refractivity contribution in [3.63, 3.8) is 0 Å². The zero-order valence-corrected chi connectivity index (χ0v) is 12.8. The molecular formula is C15H28N2O3. The number of carbonyl (C=O) groups excluding carboxylic acids is 1. The summed E-state index contributed by atoms with van der Waals surface area (Å²) in [6.45, 7) is 10.1. The van der Waals surface area contributed by atoms with Crippen LogP contribution in [0, 0.1) is 5.92 Å². The van der Waals surface area contributed by atoms with E-state index in [1.165, 1.54) is 0 Å². The molecule has 20 heavy (non-hydrogen) atoms. The molecule has 1 N–H and O–H groups in total. The minimum Gasteiger partial charge on any atom is -0.381 e. The molecule has 0 unspecified atom stereocenters. The van der Waals surface area contributed by atoms with Crippen LogP contribution >= 0.6 is 0 Å². The lowest BCUT2D eigenvalue weighted by Gasteiger charge is -2.35. The number of nitrogens with zero attached hydrogens (tertiary/aromatic N) is 1. The molecule has 0 bridgehead atoms. The molecule has 0 aromatic heterocycles. The van der Waals surface area contributed by atoms with Crippen molar-refractivity contribution in [1.29, 1.82) is 0 Å². The second-order valence-corrected chi connectivity index (χ2v) is 6.61. The molecule has 116 valence electrons. The van der Waals surface area contributed by atoms with Gasteiger partial charge < -0.3 is 14.8 Å². The Morgan fingerprint density at radius 3 is 2.65 bits per heavy atom. The van der Waals surface area contributed by atoms with Gasteiger partial charge in [0.05, 0.1) is 13.2 Å². The van der Waals surface area contributed by atoms with Crippen molar-refractivity contribution < 1.29 is 14.3 Å². The topological polar surface area (TPSA) is 50.8 Å². The van der Waals surface area contributed by atoms with Crippen LogP contribution in [0.15, 0.2) is 0 Å². The Bertz CT molecular complexity index is 308. The molecule has 0 aromatic rings. The van der Waals surface area contributed by atoms with E-state index < -0.39 is 0 Å². The normalized spacial score (nSPS) is 25.4. The van der Waals surface area contributed by atoms with Crippen LogP contribution in [-0.4, -0.2) is 62.4 Å². The van der Waals surface area contributed by atoms with E-state index in [-0.39, 0.29) is 11.4 Å². The van der Waals surface area contributed by atoms with Crippen LogP contribution in [0.1, 0.15) is 33.1 Å². The van der Waals surface area contributed by atoms with Gasteiger partial charge in [0.1, 0.15) is 0 Å². The molecular weight excluding hydrogens is 256 g/mol. The quantitative estimate of drug-likeness (QED) is 0.819. The fourth-order valence-electron chi connectivity index (χ4n) is 3.02. The van der Waals surface area contributed by atoms with Crippen LogP contribution in [0.5, 0.6) is 0 Å². The summed E-state index contributed by atoms with van der Waals surface area (Å²) in [6, 6.07) is 0. The van der Waals surface area contributed by atoms with Crippen molar-refractivity contribution in [2.75, 3.05) is 46.1 Å². The molecule has 0 radical (unpaired) electrons. The van der Waals surface area contributed by atoms with E-state index in [0.29, 0.717) is 12.3 Å². The lowest BCUT2D eigenvalue weighted by molar-refractivity contribution is -0.125. The minimum absolute atomic E-state index is 0.152. The zero-order valence-electron chi connectivity index (χ0n) is 12.8. The van der Waals surface area contributed by atoms with Gasteiger partial charge in [0.2, 0.25) is 5.91 Å².